The molecule has 3 heteroatoms. The van der Waals surface area contributed by atoms with E-state index in [1.807, 2.05) is 0 Å². The van der Waals surface area contributed by atoms with E-state index >= 15 is 0 Å². The third kappa shape index (κ3) is 2.72. The molecule has 0 amide bonds. The van der Waals surface area contributed by atoms with Gasteiger partial charge in [-0.15, -0.1) is 0 Å². The van der Waals surface area contributed by atoms with Gasteiger partial charge in [0.2, 0.25) is 0 Å². The van der Waals surface area contributed by atoms with Gasteiger partial charge < -0.3 is 0 Å². The standard InChI is InChI=1S/C6H11F3/c1-4(2)5(3)6(7,8)9/h4-5H,1-3H3/t5-/m1/s1. The number of halogens is 3. The average molecular weight is 140 g/mol. The van der Waals surface area contributed by atoms with Crippen LogP contribution in [0.4, 0.5) is 13.2 Å². The fourth-order valence-electron chi connectivity index (χ4n) is 0.378. The highest BCUT2D eigenvalue weighted by molar-refractivity contribution is 4.64. The summed E-state index contributed by atoms with van der Waals surface area (Å²) in [6.07, 6.45) is -4.02. The van der Waals surface area contributed by atoms with Gasteiger partial charge in [0, 0.05) is 0 Å². The molecule has 0 aromatic rings. The Morgan fingerprint density at radius 3 is 1.33 bits per heavy atom. The van der Waals surface area contributed by atoms with Gasteiger partial charge >= 0.3 is 6.18 Å². The highest BCUT2D eigenvalue weighted by Crippen LogP contribution is 2.30. The zero-order chi connectivity index (χ0) is 7.65. The highest BCUT2D eigenvalue weighted by Gasteiger charge is 2.37. The van der Waals surface area contributed by atoms with Crippen LogP contribution in [0.2, 0.25) is 0 Å². The van der Waals surface area contributed by atoms with Crippen LogP contribution in [0.25, 0.3) is 0 Å². The molecule has 0 unspecified atom stereocenters. The second kappa shape index (κ2) is 2.58. The summed E-state index contributed by atoms with van der Waals surface area (Å²) in [5.41, 5.74) is 0. The third-order valence-corrected chi connectivity index (χ3v) is 1.52. The first-order chi connectivity index (χ1) is 3.85. The quantitative estimate of drug-likeness (QED) is 0.525. The first kappa shape index (κ1) is 8.79. The predicted molar refractivity (Wildman–Crippen MR) is 30.1 cm³/mol. The lowest BCUT2D eigenvalue weighted by Gasteiger charge is -2.18. The Labute approximate surface area is 53.1 Å². The van der Waals surface area contributed by atoms with Crippen molar-refractivity contribution in [3.05, 3.63) is 0 Å². The lowest BCUT2D eigenvalue weighted by Crippen LogP contribution is -2.24. The van der Waals surface area contributed by atoms with Crippen molar-refractivity contribution in [2.24, 2.45) is 11.8 Å². The molecule has 9 heavy (non-hydrogen) atoms. The van der Waals surface area contributed by atoms with Crippen LogP contribution in [-0.2, 0) is 0 Å². The molecule has 1 atom stereocenters. The largest absolute Gasteiger partial charge is 0.391 e. The number of rotatable bonds is 1. The molecule has 0 saturated heterocycles. The molecule has 0 rings (SSSR count). The maximum absolute atomic E-state index is 11.7. The van der Waals surface area contributed by atoms with Crippen molar-refractivity contribution in [2.45, 2.75) is 26.9 Å². The van der Waals surface area contributed by atoms with E-state index in [0.29, 0.717) is 0 Å². The molecule has 0 saturated carbocycles. The Balaban J connectivity index is 3.88. The SMILES string of the molecule is CC(C)[C@@H](C)C(F)(F)F. The molecular weight excluding hydrogens is 129 g/mol. The van der Waals surface area contributed by atoms with Crippen molar-refractivity contribution in [1.29, 1.82) is 0 Å². The average Bonchev–Trinajstić information content (AvgIpc) is 1.62. The lowest BCUT2D eigenvalue weighted by molar-refractivity contribution is -0.180. The molecule has 0 N–H and O–H groups in total. The maximum atomic E-state index is 11.7. The number of hydrogen-bond donors (Lipinski definition) is 0. The van der Waals surface area contributed by atoms with Gasteiger partial charge in [0.15, 0.2) is 0 Å². The van der Waals surface area contributed by atoms with E-state index in [-0.39, 0.29) is 5.92 Å². The van der Waals surface area contributed by atoms with Crippen LogP contribution >= 0.6 is 0 Å². The van der Waals surface area contributed by atoms with E-state index < -0.39 is 12.1 Å². The normalized spacial score (nSPS) is 16.3. The second-order valence-corrected chi connectivity index (χ2v) is 2.57. The van der Waals surface area contributed by atoms with E-state index in [2.05, 4.69) is 0 Å². The monoisotopic (exact) mass is 140 g/mol. The molecule has 0 bridgehead atoms. The van der Waals surface area contributed by atoms with Gasteiger partial charge in [-0.1, -0.05) is 20.8 Å². The summed E-state index contributed by atoms with van der Waals surface area (Å²) in [7, 11) is 0. The van der Waals surface area contributed by atoms with Crippen LogP contribution in [0, 0.1) is 11.8 Å². The Kier molecular flexibility index (Phi) is 2.52. The first-order valence-electron chi connectivity index (χ1n) is 2.92. The van der Waals surface area contributed by atoms with Crippen LogP contribution < -0.4 is 0 Å². The third-order valence-electron chi connectivity index (χ3n) is 1.52. The van der Waals surface area contributed by atoms with E-state index in [0.717, 1.165) is 0 Å². The van der Waals surface area contributed by atoms with Crippen molar-refractivity contribution in [3.8, 4) is 0 Å². The van der Waals surface area contributed by atoms with Gasteiger partial charge in [-0.2, -0.15) is 13.2 Å². The molecule has 0 nitrogen and oxygen atoms in total. The van der Waals surface area contributed by atoms with Gasteiger partial charge in [-0.3, -0.25) is 0 Å². The van der Waals surface area contributed by atoms with Crippen molar-refractivity contribution < 1.29 is 13.2 Å². The summed E-state index contributed by atoms with van der Waals surface area (Å²) in [6, 6.07) is 0. The van der Waals surface area contributed by atoms with Gasteiger partial charge in [-0.05, 0) is 5.92 Å². The zero-order valence-corrected chi connectivity index (χ0v) is 5.79. The first-order valence-corrected chi connectivity index (χ1v) is 2.92. The molecule has 0 aliphatic rings. The number of alkyl halides is 3. The van der Waals surface area contributed by atoms with Gasteiger partial charge in [-0.25, -0.2) is 0 Å². The Morgan fingerprint density at radius 1 is 1.00 bits per heavy atom. The van der Waals surface area contributed by atoms with Crippen LogP contribution in [0.15, 0.2) is 0 Å². The van der Waals surface area contributed by atoms with E-state index in [4.69, 9.17) is 0 Å². The molecule has 0 radical (unpaired) electrons. The van der Waals surface area contributed by atoms with E-state index in [1.165, 1.54) is 6.92 Å². The van der Waals surface area contributed by atoms with E-state index in [1.54, 1.807) is 13.8 Å². The molecule has 0 aliphatic heterocycles. The van der Waals surface area contributed by atoms with Crippen molar-refractivity contribution in [1.82, 2.24) is 0 Å². The summed E-state index contributed by atoms with van der Waals surface area (Å²) in [4.78, 5) is 0. The second-order valence-electron chi connectivity index (χ2n) is 2.57. The van der Waals surface area contributed by atoms with Crippen LogP contribution in [0.3, 0.4) is 0 Å². The summed E-state index contributed by atoms with van der Waals surface area (Å²) in [6.45, 7) is 4.33. The molecule has 0 heterocycles. The minimum atomic E-state index is -4.02. The maximum Gasteiger partial charge on any atom is 0.391 e. The van der Waals surface area contributed by atoms with E-state index in [9.17, 15) is 13.2 Å². The van der Waals surface area contributed by atoms with Crippen molar-refractivity contribution in [2.75, 3.05) is 0 Å². The van der Waals surface area contributed by atoms with Gasteiger partial charge in [0.25, 0.3) is 0 Å². The van der Waals surface area contributed by atoms with Crippen LogP contribution in [0.5, 0.6) is 0 Å². The highest BCUT2D eigenvalue weighted by atomic mass is 19.4. The molecule has 0 aromatic carbocycles. The molecule has 0 spiro atoms. The van der Waals surface area contributed by atoms with Crippen molar-refractivity contribution in [3.63, 3.8) is 0 Å². The Hall–Kier alpha value is -0.210. The summed E-state index contributed by atoms with van der Waals surface area (Å²) in [5, 5.41) is 0. The minimum absolute atomic E-state index is 0.315. The number of hydrogen-bond acceptors (Lipinski definition) is 0. The zero-order valence-electron chi connectivity index (χ0n) is 5.79. The fourth-order valence-corrected chi connectivity index (χ4v) is 0.378. The molecule has 0 fully saturated rings. The smallest absolute Gasteiger partial charge is 0.171 e. The molecule has 56 valence electrons. The Bertz CT molecular complexity index is 82.8. The summed E-state index contributed by atoms with van der Waals surface area (Å²) >= 11 is 0. The fraction of sp³-hybridized carbons (Fsp3) is 1.00. The van der Waals surface area contributed by atoms with Gasteiger partial charge in [0.05, 0.1) is 5.92 Å². The van der Waals surface area contributed by atoms with Crippen molar-refractivity contribution >= 4 is 0 Å². The topological polar surface area (TPSA) is 0 Å². The molecule has 0 aromatic heterocycles. The molecule has 0 aliphatic carbocycles. The lowest BCUT2D eigenvalue weighted by atomic mass is 9.98. The van der Waals surface area contributed by atoms with Gasteiger partial charge in [0.1, 0.15) is 0 Å². The Morgan fingerprint density at radius 2 is 1.33 bits per heavy atom. The van der Waals surface area contributed by atoms with Crippen LogP contribution in [-0.4, -0.2) is 6.18 Å². The summed E-state index contributed by atoms with van der Waals surface area (Å²) in [5.74, 6) is -1.50. The minimum Gasteiger partial charge on any atom is -0.171 e. The summed E-state index contributed by atoms with van der Waals surface area (Å²) < 4.78 is 35.1. The molecular formula is C6H11F3. The predicted octanol–water partition coefficient (Wildman–Crippen LogP) is 2.84. The van der Waals surface area contributed by atoms with Crippen LogP contribution in [0.1, 0.15) is 20.8 Å².